The summed E-state index contributed by atoms with van der Waals surface area (Å²) in [6, 6.07) is 2.29. The van der Waals surface area contributed by atoms with Crippen molar-refractivity contribution in [1.82, 2.24) is 20.3 Å². The molecule has 0 saturated carbocycles. The maximum atomic E-state index is 6.13. The Labute approximate surface area is 122 Å². The van der Waals surface area contributed by atoms with Gasteiger partial charge in [-0.3, -0.25) is 0 Å². The Morgan fingerprint density at radius 2 is 2.10 bits per heavy atom. The molecule has 104 valence electrons. The number of pyridine rings is 1. The van der Waals surface area contributed by atoms with E-state index >= 15 is 0 Å². The Balaban J connectivity index is 1.83. The van der Waals surface area contributed by atoms with Crippen molar-refractivity contribution < 1.29 is 4.74 Å². The molecule has 2 aromatic heterocycles. The van der Waals surface area contributed by atoms with Gasteiger partial charge < -0.3 is 10.1 Å². The summed E-state index contributed by atoms with van der Waals surface area (Å²) >= 11 is 6.13. The molecule has 1 fully saturated rings. The van der Waals surface area contributed by atoms with Gasteiger partial charge in [0.25, 0.3) is 0 Å². The first-order valence-electron chi connectivity index (χ1n) is 6.55. The molecule has 1 aliphatic rings. The molecule has 0 bridgehead atoms. The first kappa shape index (κ1) is 13.3. The fourth-order valence-electron chi connectivity index (χ4n) is 2.14. The van der Waals surface area contributed by atoms with E-state index in [4.69, 9.17) is 16.3 Å². The minimum Gasteiger partial charge on any atom is -0.487 e. The Kier molecular flexibility index (Phi) is 3.80. The molecule has 6 heteroatoms. The van der Waals surface area contributed by atoms with Crippen LogP contribution in [-0.2, 0) is 0 Å². The number of aromatic nitrogens is 3. The molecule has 1 unspecified atom stereocenters. The third-order valence-corrected chi connectivity index (χ3v) is 3.74. The number of nitrogens with zero attached hydrogens (tertiary/aromatic N) is 3. The summed E-state index contributed by atoms with van der Waals surface area (Å²) in [6.07, 6.45) is 7.78. The van der Waals surface area contributed by atoms with Gasteiger partial charge in [0, 0.05) is 29.6 Å². The van der Waals surface area contributed by atoms with E-state index in [1.807, 2.05) is 6.07 Å². The van der Waals surface area contributed by atoms with E-state index in [0.29, 0.717) is 16.9 Å². The molecule has 0 aliphatic carbocycles. The SMILES string of the molecule is CC(Oc1cnc(Cl)c(-c2cncnc2)c1)[C@@H]1CCN1. The molecule has 3 rings (SSSR count). The molecule has 0 spiro atoms. The highest BCUT2D eigenvalue weighted by Gasteiger charge is 2.24. The Morgan fingerprint density at radius 3 is 2.75 bits per heavy atom. The van der Waals surface area contributed by atoms with Crippen molar-refractivity contribution in [3.8, 4) is 16.9 Å². The van der Waals surface area contributed by atoms with Gasteiger partial charge in [-0.25, -0.2) is 15.0 Å². The van der Waals surface area contributed by atoms with Crippen LogP contribution in [0.2, 0.25) is 5.15 Å². The van der Waals surface area contributed by atoms with Gasteiger partial charge in [0.2, 0.25) is 0 Å². The summed E-state index contributed by atoms with van der Waals surface area (Å²) in [6.45, 7) is 3.11. The van der Waals surface area contributed by atoms with Crippen molar-refractivity contribution in [2.45, 2.75) is 25.5 Å². The van der Waals surface area contributed by atoms with E-state index in [2.05, 4.69) is 27.2 Å². The predicted molar refractivity (Wildman–Crippen MR) is 76.8 cm³/mol. The van der Waals surface area contributed by atoms with Crippen molar-refractivity contribution in [3.63, 3.8) is 0 Å². The Bertz CT molecular complexity index is 589. The highest BCUT2D eigenvalue weighted by atomic mass is 35.5. The van der Waals surface area contributed by atoms with Crippen LogP contribution in [0.25, 0.3) is 11.1 Å². The second-order valence-electron chi connectivity index (χ2n) is 4.81. The lowest BCUT2D eigenvalue weighted by atomic mass is 10.0. The number of nitrogens with one attached hydrogen (secondary N) is 1. The lowest BCUT2D eigenvalue weighted by molar-refractivity contribution is 0.133. The number of hydrogen-bond acceptors (Lipinski definition) is 5. The first-order chi connectivity index (χ1) is 9.74. The van der Waals surface area contributed by atoms with Gasteiger partial charge in [-0.05, 0) is 26.0 Å². The zero-order chi connectivity index (χ0) is 13.9. The molecule has 5 nitrogen and oxygen atoms in total. The Hall–Kier alpha value is -1.72. The van der Waals surface area contributed by atoms with Gasteiger partial charge >= 0.3 is 0 Å². The highest BCUT2D eigenvalue weighted by Crippen LogP contribution is 2.29. The van der Waals surface area contributed by atoms with Crippen molar-refractivity contribution in [3.05, 3.63) is 36.1 Å². The minimum atomic E-state index is 0.103. The molecule has 0 amide bonds. The molecule has 0 aromatic carbocycles. The molecule has 1 saturated heterocycles. The molecule has 1 N–H and O–H groups in total. The normalized spacial score (nSPS) is 19.2. The van der Waals surface area contributed by atoms with E-state index in [-0.39, 0.29) is 6.10 Å². The molecule has 2 aromatic rings. The second kappa shape index (κ2) is 5.73. The van der Waals surface area contributed by atoms with Crippen molar-refractivity contribution in [2.24, 2.45) is 0 Å². The number of halogens is 1. The molecule has 2 atom stereocenters. The zero-order valence-electron chi connectivity index (χ0n) is 11.1. The summed E-state index contributed by atoms with van der Waals surface area (Å²) in [7, 11) is 0. The van der Waals surface area contributed by atoms with E-state index < -0.39 is 0 Å². The maximum absolute atomic E-state index is 6.13. The van der Waals surface area contributed by atoms with Crippen LogP contribution in [-0.4, -0.2) is 33.6 Å². The van der Waals surface area contributed by atoms with Gasteiger partial charge in [0.15, 0.2) is 0 Å². The summed E-state index contributed by atoms with van der Waals surface area (Å²) in [5.74, 6) is 0.703. The molecule has 0 radical (unpaired) electrons. The van der Waals surface area contributed by atoms with Crippen LogP contribution in [0.1, 0.15) is 13.3 Å². The second-order valence-corrected chi connectivity index (χ2v) is 5.17. The van der Waals surface area contributed by atoms with Crippen LogP contribution < -0.4 is 10.1 Å². The van der Waals surface area contributed by atoms with E-state index in [0.717, 1.165) is 24.1 Å². The zero-order valence-corrected chi connectivity index (χ0v) is 11.8. The van der Waals surface area contributed by atoms with Crippen molar-refractivity contribution in [1.29, 1.82) is 0 Å². The fourth-order valence-corrected chi connectivity index (χ4v) is 2.35. The maximum Gasteiger partial charge on any atom is 0.138 e. The molecule has 1 aliphatic heterocycles. The number of ether oxygens (including phenoxy) is 1. The van der Waals surface area contributed by atoms with Gasteiger partial charge in [0.1, 0.15) is 23.3 Å². The van der Waals surface area contributed by atoms with Crippen LogP contribution in [0.4, 0.5) is 0 Å². The Morgan fingerprint density at radius 1 is 1.35 bits per heavy atom. The number of hydrogen-bond donors (Lipinski definition) is 1. The lowest BCUT2D eigenvalue weighted by Gasteiger charge is -2.33. The average molecular weight is 291 g/mol. The van der Waals surface area contributed by atoms with Gasteiger partial charge in [0.05, 0.1) is 6.20 Å². The monoisotopic (exact) mass is 290 g/mol. The van der Waals surface area contributed by atoms with E-state index in [1.165, 1.54) is 6.33 Å². The predicted octanol–water partition coefficient (Wildman–Crippen LogP) is 2.32. The minimum absolute atomic E-state index is 0.103. The summed E-state index contributed by atoms with van der Waals surface area (Å²) in [4.78, 5) is 12.2. The largest absolute Gasteiger partial charge is 0.487 e. The fraction of sp³-hybridized carbons (Fsp3) is 0.357. The topological polar surface area (TPSA) is 59.9 Å². The molecular formula is C14H15ClN4O. The quantitative estimate of drug-likeness (QED) is 0.876. The van der Waals surface area contributed by atoms with Crippen LogP contribution >= 0.6 is 11.6 Å². The van der Waals surface area contributed by atoms with Crippen LogP contribution in [0.3, 0.4) is 0 Å². The number of rotatable bonds is 4. The van der Waals surface area contributed by atoms with Gasteiger partial charge in [-0.1, -0.05) is 11.6 Å². The van der Waals surface area contributed by atoms with Crippen LogP contribution in [0.5, 0.6) is 5.75 Å². The highest BCUT2D eigenvalue weighted by molar-refractivity contribution is 6.32. The van der Waals surface area contributed by atoms with E-state index in [9.17, 15) is 0 Å². The van der Waals surface area contributed by atoms with Crippen LogP contribution in [0.15, 0.2) is 31.0 Å². The average Bonchev–Trinajstić information content (AvgIpc) is 2.40. The standard InChI is InChI=1S/C14H15ClN4O/c1-9(13-2-3-18-13)20-11-4-12(14(15)19-7-11)10-5-16-8-17-6-10/h4-9,13,18H,2-3H2,1H3/t9?,13-/m0/s1. The van der Waals surface area contributed by atoms with Gasteiger partial charge in [-0.15, -0.1) is 0 Å². The smallest absolute Gasteiger partial charge is 0.138 e. The van der Waals surface area contributed by atoms with Crippen molar-refractivity contribution >= 4 is 11.6 Å². The third-order valence-electron chi connectivity index (χ3n) is 3.44. The van der Waals surface area contributed by atoms with E-state index in [1.54, 1.807) is 18.6 Å². The summed E-state index contributed by atoms with van der Waals surface area (Å²) in [5.41, 5.74) is 1.60. The van der Waals surface area contributed by atoms with Gasteiger partial charge in [-0.2, -0.15) is 0 Å². The molecule has 3 heterocycles. The van der Waals surface area contributed by atoms with Crippen LogP contribution in [0, 0.1) is 0 Å². The summed E-state index contributed by atoms with van der Waals surface area (Å²) < 4.78 is 5.91. The van der Waals surface area contributed by atoms with Crippen molar-refractivity contribution in [2.75, 3.05) is 6.54 Å². The molecular weight excluding hydrogens is 276 g/mol. The first-order valence-corrected chi connectivity index (χ1v) is 6.93. The summed E-state index contributed by atoms with van der Waals surface area (Å²) in [5, 5.41) is 3.75. The third kappa shape index (κ3) is 2.73. The molecule has 20 heavy (non-hydrogen) atoms. The lowest BCUT2D eigenvalue weighted by Crippen LogP contribution is -2.51.